The van der Waals surface area contributed by atoms with Crippen LogP contribution in [-0.4, -0.2) is 30.9 Å². The molecule has 2 N–H and O–H groups in total. The molecule has 1 aromatic heterocycles. The van der Waals surface area contributed by atoms with E-state index in [0.717, 1.165) is 11.3 Å². The van der Waals surface area contributed by atoms with Crippen LogP contribution in [0, 0.1) is 0 Å². The van der Waals surface area contributed by atoms with E-state index < -0.39 is 0 Å². The number of amides is 2. The monoisotopic (exact) mass is 442 g/mol. The van der Waals surface area contributed by atoms with Crippen molar-refractivity contribution in [3.05, 3.63) is 87.7 Å². The zero-order chi connectivity index (χ0) is 21.7. The minimum Gasteiger partial charge on any atom is -0.377 e. The third-order valence-corrected chi connectivity index (χ3v) is 4.72. The Morgan fingerprint density at radius 2 is 1.73 bits per heavy atom. The molecule has 6 nitrogen and oxygen atoms in total. The van der Waals surface area contributed by atoms with Crippen molar-refractivity contribution in [3.63, 3.8) is 0 Å². The number of nitrogens with zero attached hydrogens (tertiary/aromatic N) is 2. The van der Waals surface area contributed by atoms with Crippen LogP contribution in [0.25, 0.3) is 0 Å². The first-order valence-corrected chi connectivity index (χ1v) is 9.85. The van der Waals surface area contributed by atoms with E-state index in [1.165, 1.54) is 12.1 Å². The molecule has 0 aliphatic carbocycles. The summed E-state index contributed by atoms with van der Waals surface area (Å²) in [7, 11) is 3.69. The van der Waals surface area contributed by atoms with E-state index in [1.807, 2.05) is 31.1 Å². The molecule has 0 fully saturated rings. The van der Waals surface area contributed by atoms with Crippen molar-refractivity contribution < 1.29 is 9.59 Å². The molecule has 0 saturated heterocycles. The summed E-state index contributed by atoms with van der Waals surface area (Å²) < 4.78 is 0. The fraction of sp³-hybridized carbons (Fsp3) is 0.136. The van der Waals surface area contributed by atoms with Crippen LogP contribution in [0.1, 0.15) is 26.3 Å². The van der Waals surface area contributed by atoms with Crippen LogP contribution in [0.15, 0.2) is 60.9 Å². The van der Waals surface area contributed by atoms with Crippen molar-refractivity contribution in [1.29, 1.82) is 0 Å². The summed E-state index contributed by atoms with van der Waals surface area (Å²) >= 11 is 12.0. The minimum atomic E-state index is -0.376. The van der Waals surface area contributed by atoms with E-state index in [-0.39, 0.29) is 11.8 Å². The number of nitrogens with one attached hydrogen (secondary N) is 2. The SMILES string of the molecule is CN(C)c1ccc(NC(=O)c2cc(Cl)cc(Cl)c2)cc1C(=O)NCc1cccnc1. The molecule has 2 amide bonds. The van der Waals surface area contributed by atoms with Gasteiger partial charge in [-0.15, -0.1) is 0 Å². The van der Waals surface area contributed by atoms with E-state index in [2.05, 4.69) is 15.6 Å². The first-order valence-electron chi connectivity index (χ1n) is 9.09. The van der Waals surface area contributed by atoms with Gasteiger partial charge in [-0.2, -0.15) is 0 Å². The minimum absolute atomic E-state index is 0.260. The van der Waals surface area contributed by atoms with Crippen molar-refractivity contribution in [1.82, 2.24) is 10.3 Å². The third-order valence-electron chi connectivity index (χ3n) is 4.28. The maximum Gasteiger partial charge on any atom is 0.255 e. The number of carbonyl (C=O) groups excluding carboxylic acids is 2. The van der Waals surface area contributed by atoms with Gasteiger partial charge in [0.1, 0.15) is 0 Å². The normalized spacial score (nSPS) is 10.4. The smallest absolute Gasteiger partial charge is 0.255 e. The Hall–Kier alpha value is -3.09. The number of anilines is 2. The molecule has 0 radical (unpaired) electrons. The van der Waals surface area contributed by atoms with Crippen LogP contribution in [-0.2, 0) is 6.54 Å². The van der Waals surface area contributed by atoms with Crippen LogP contribution < -0.4 is 15.5 Å². The van der Waals surface area contributed by atoms with Crippen LogP contribution in [0.3, 0.4) is 0 Å². The summed E-state index contributed by atoms with van der Waals surface area (Å²) in [5.74, 6) is -0.636. The number of aromatic nitrogens is 1. The molecule has 0 unspecified atom stereocenters. The van der Waals surface area contributed by atoms with Gasteiger partial charge in [-0.25, -0.2) is 0 Å². The number of hydrogen-bond acceptors (Lipinski definition) is 4. The lowest BCUT2D eigenvalue weighted by Crippen LogP contribution is -2.25. The predicted octanol–water partition coefficient (Wildman–Crippen LogP) is 4.64. The van der Waals surface area contributed by atoms with Crippen molar-refractivity contribution in [2.75, 3.05) is 24.3 Å². The van der Waals surface area contributed by atoms with Crippen molar-refractivity contribution >= 4 is 46.4 Å². The van der Waals surface area contributed by atoms with Crippen LogP contribution in [0.4, 0.5) is 11.4 Å². The average Bonchev–Trinajstić information content (AvgIpc) is 2.71. The summed E-state index contributed by atoms with van der Waals surface area (Å²) in [6.07, 6.45) is 3.37. The lowest BCUT2D eigenvalue weighted by molar-refractivity contribution is 0.0950. The van der Waals surface area contributed by atoms with Crippen LogP contribution in [0.2, 0.25) is 10.0 Å². The first-order chi connectivity index (χ1) is 14.3. The van der Waals surface area contributed by atoms with E-state index in [9.17, 15) is 9.59 Å². The highest BCUT2D eigenvalue weighted by atomic mass is 35.5. The molecule has 0 bridgehead atoms. The Morgan fingerprint density at radius 3 is 2.37 bits per heavy atom. The average molecular weight is 443 g/mol. The molecule has 0 saturated carbocycles. The van der Waals surface area contributed by atoms with E-state index in [1.54, 1.807) is 36.7 Å². The molecule has 30 heavy (non-hydrogen) atoms. The van der Waals surface area contributed by atoms with Gasteiger partial charge < -0.3 is 15.5 Å². The maximum atomic E-state index is 12.8. The van der Waals surface area contributed by atoms with Gasteiger partial charge in [-0.3, -0.25) is 14.6 Å². The molecule has 3 rings (SSSR count). The zero-order valence-electron chi connectivity index (χ0n) is 16.4. The topological polar surface area (TPSA) is 74.3 Å². The molecule has 0 aliphatic rings. The second-order valence-electron chi connectivity index (χ2n) is 6.78. The first kappa shape index (κ1) is 21.6. The summed E-state index contributed by atoms with van der Waals surface area (Å²) in [6, 6.07) is 13.4. The summed E-state index contributed by atoms with van der Waals surface area (Å²) in [5.41, 5.74) is 2.85. The maximum absolute atomic E-state index is 12.8. The largest absolute Gasteiger partial charge is 0.377 e. The van der Waals surface area contributed by atoms with Crippen LogP contribution in [0.5, 0.6) is 0 Å². The number of benzene rings is 2. The molecule has 0 aliphatic heterocycles. The standard InChI is InChI=1S/C22H20Cl2N4O2/c1-28(2)20-6-5-18(27-21(29)15-8-16(23)10-17(24)9-15)11-19(20)22(30)26-13-14-4-3-7-25-12-14/h3-12H,13H2,1-2H3,(H,26,30)(H,27,29). The van der Waals surface area contributed by atoms with Crippen molar-refractivity contribution in [2.24, 2.45) is 0 Å². The number of hydrogen-bond donors (Lipinski definition) is 2. The number of halogens is 2. The van der Waals surface area contributed by atoms with Gasteiger partial charge in [0, 0.05) is 60.0 Å². The molecular formula is C22H20Cl2N4O2. The second kappa shape index (κ2) is 9.61. The Balaban J connectivity index is 1.81. The molecule has 1 heterocycles. The van der Waals surface area contributed by atoms with Crippen LogP contribution >= 0.6 is 23.2 Å². The quantitative estimate of drug-likeness (QED) is 0.583. The summed E-state index contributed by atoms with van der Waals surface area (Å²) in [4.78, 5) is 31.3. The fourth-order valence-electron chi connectivity index (χ4n) is 2.85. The highest BCUT2D eigenvalue weighted by Crippen LogP contribution is 2.25. The Labute approximate surface area is 184 Å². The molecule has 0 atom stereocenters. The van der Waals surface area contributed by atoms with Gasteiger partial charge in [-0.1, -0.05) is 29.3 Å². The van der Waals surface area contributed by atoms with Gasteiger partial charge in [-0.05, 0) is 48.0 Å². The lowest BCUT2D eigenvalue weighted by Gasteiger charge is -2.18. The van der Waals surface area contributed by atoms with Gasteiger partial charge in [0.05, 0.1) is 5.56 Å². The zero-order valence-corrected chi connectivity index (χ0v) is 18.0. The second-order valence-corrected chi connectivity index (χ2v) is 7.66. The van der Waals surface area contributed by atoms with Gasteiger partial charge >= 0.3 is 0 Å². The third kappa shape index (κ3) is 5.49. The molecular weight excluding hydrogens is 423 g/mol. The van der Waals surface area contributed by atoms with Gasteiger partial charge in [0.15, 0.2) is 0 Å². The van der Waals surface area contributed by atoms with E-state index in [0.29, 0.717) is 33.4 Å². The molecule has 0 spiro atoms. The Bertz CT molecular complexity index is 1050. The van der Waals surface area contributed by atoms with Crippen molar-refractivity contribution in [3.8, 4) is 0 Å². The highest BCUT2D eigenvalue weighted by Gasteiger charge is 2.16. The Morgan fingerprint density at radius 1 is 1.00 bits per heavy atom. The lowest BCUT2D eigenvalue weighted by atomic mass is 10.1. The number of rotatable bonds is 6. The highest BCUT2D eigenvalue weighted by molar-refractivity contribution is 6.35. The summed E-state index contributed by atoms with van der Waals surface area (Å²) in [6.45, 7) is 0.344. The Kier molecular flexibility index (Phi) is 6.92. The van der Waals surface area contributed by atoms with Crippen molar-refractivity contribution in [2.45, 2.75) is 6.54 Å². The van der Waals surface area contributed by atoms with E-state index >= 15 is 0 Å². The number of pyridine rings is 1. The predicted molar refractivity (Wildman–Crippen MR) is 121 cm³/mol. The molecule has 8 heteroatoms. The molecule has 2 aromatic carbocycles. The van der Waals surface area contributed by atoms with E-state index in [4.69, 9.17) is 23.2 Å². The fourth-order valence-corrected chi connectivity index (χ4v) is 3.38. The van der Waals surface area contributed by atoms with Gasteiger partial charge in [0.25, 0.3) is 11.8 Å². The summed E-state index contributed by atoms with van der Waals surface area (Å²) in [5, 5.41) is 6.40. The number of carbonyl (C=O) groups is 2. The van der Waals surface area contributed by atoms with Gasteiger partial charge in [0.2, 0.25) is 0 Å². The molecule has 154 valence electrons. The molecule has 3 aromatic rings.